The molecule has 0 saturated carbocycles. The molecule has 0 saturated heterocycles. The van der Waals surface area contributed by atoms with E-state index in [-0.39, 0.29) is 12.1 Å². The predicted octanol–water partition coefficient (Wildman–Crippen LogP) is 2.46. The van der Waals surface area contributed by atoms with E-state index in [9.17, 15) is 4.79 Å². The maximum absolute atomic E-state index is 11.4. The lowest BCUT2D eigenvalue weighted by Crippen LogP contribution is -2.41. The molecule has 0 aromatic carbocycles. The third-order valence-corrected chi connectivity index (χ3v) is 2.15. The van der Waals surface area contributed by atoms with E-state index >= 15 is 0 Å². The Balaban J connectivity index is 3.73. The number of ether oxygens (including phenoxy) is 1. The van der Waals surface area contributed by atoms with Crippen LogP contribution in [-0.4, -0.2) is 30.8 Å². The maximum Gasteiger partial charge on any atom is 0.407 e. The third kappa shape index (κ3) is 9.87. The monoisotopic (exact) mass is 242 g/mol. The van der Waals surface area contributed by atoms with Crippen molar-refractivity contribution in [2.45, 2.75) is 52.7 Å². The molecule has 0 bridgehead atoms. The molecule has 1 amide bonds. The Morgan fingerprint density at radius 1 is 1.41 bits per heavy atom. The summed E-state index contributed by atoms with van der Waals surface area (Å²) in [5, 5.41) is 6.01. The number of hydrogen-bond acceptors (Lipinski definition) is 3. The van der Waals surface area contributed by atoms with Crippen LogP contribution in [0.5, 0.6) is 0 Å². The molecule has 0 rings (SSSR count). The molecular formula is C13H26N2O2. The van der Waals surface area contributed by atoms with Crippen molar-refractivity contribution in [1.29, 1.82) is 0 Å². The van der Waals surface area contributed by atoms with E-state index in [1.54, 1.807) is 0 Å². The first kappa shape index (κ1) is 16.0. The number of amides is 1. The predicted molar refractivity (Wildman–Crippen MR) is 71.1 cm³/mol. The van der Waals surface area contributed by atoms with Crippen LogP contribution in [0.1, 0.15) is 41.0 Å². The van der Waals surface area contributed by atoms with Crippen molar-refractivity contribution in [3.8, 4) is 0 Å². The average molecular weight is 242 g/mol. The highest BCUT2D eigenvalue weighted by Crippen LogP contribution is 2.06. The zero-order chi connectivity index (χ0) is 13.5. The molecule has 0 aliphatic rings. The lowest BCUT2D eigenvalue weighted by atomic mass is 10.2. The van der Waals surface area contributed by atoms with Gasteiger partial charge in [0.05, 0.1) is 0 Å². The van der Waals surface area contributed by atoms with Crippen LogP contribution in [-0.2, 0) is 4.74 Å². The summed E-state index contributed by atoms with van der Waals surface area (Å²) in [5.41, 5.74) is 0.714. The third-order valence-electron chi connectivity index (χ3n) is 2.15. The Bertz CT molecular complexity index is 257. The van der Waals surface area contributed by atoms with Crippen molar-refractivity contribution < 1.29 is 9.53 Å². The highest BCUT2D eigenvalue weighted by Gasteiger charge is 2.16. The van der Waals surface area contributed by atoms with Crippen LogP contribution in [0.25, 0.3) is 0 Å². The Kier molecular flexibility index (Phi) is 6.88. The van der Waals surface area contributed by atoms with Crippen molar-refractivity contribution in [1.82, 2.24) is 10.6 Å². The molecular weight excluding hydrogens is 216 g/mol. The van der Waals surface area contributed by atoms with E-state index in [1.165, 1.54) is 0 Å². The number of carbonyl (C=O) groups is 1. The van der Waals surface area contributed by atoms with Crippen molar-refractivity contribution in [3.05, 3.63) is 12.2 Å². The van der Waals surface area contributed by atoms with Crippen molar-refractivity contribution in [2.24, 2.45) is 0 Å². The van der Waals surface area contributed by atoms with Gasteiger partial charge in [-0.05, 0) is 34.1 Å². The smallest absolute Gasteiger partial charge is 0.407 e. The first-order valence-corrected chi connectivity index (χ1v) is 6.11. The van der Waals surface area contributed by atoms with Crippen LogP contribution in [0.3, 0.4) is 0 Å². The summed E-state index contributed by atoms with van der Waals surface area (Å²) in [5.74, 6) is 0. The Morgan fingerprint density at radius 2 is 2.00 bits per heavy atom. The fraction of sp³-hybridized carbons (Fsp3) is 0.769. The van der Waals surface area contributed by atoms with Crippen LogP contribution in [0.15, 0.2) is 12.2 Å². The lowest BCUT2D eigenvalue weighted by Gasteiger charge is -2.21. The number of carbonyl (C=O) groups excluding carboxylic acids is 1. The van der Waals surface area contributed by atoms with Gasteiger partial charge in [-0.3, -0.25) is 0 Å². The maximum atomic E-state index is 11.4. The first-order valence-electron chi connectivity index (χ1n) is 6.11. The highest BCUT2D eigenvalue weighted by molar-refractivity contribution is 5.67. The van der Waals surface area contributed by atoms with Crippen LogP contribution >= 0.6 is 0 Å². The van der Waals surface area contributed by atoms with Crippen molar-refractivity contribution in [3.63, 3.8) is 0 Å². The van der Waals surface area contributed by atoms with E-state index < -0.39 is 5.60 Å². The molecule has 4 nitrogen and oxygen atoms in total. The molecule has 0 aliphatic carbocycles. The Morgan fingerprint density at radius 3 is 2.47 bits per heavy atom. The minimum atomic E-state index is -0.447. The lowest BCUT2D eigenvalue weighted by molar-refractivity contribution is 0.0523. The van der Waals surface area contributed by atoms with Gasteiger partial charge in [0.25, 0.3) is 0 Å². The molecule has 0 heterocycles. The van der Waals surface area contributed by atoms with Crippen molar-refractivity contribution in [2.75, 3.05) is 13.1 Å². The molecule has 1 atom stereocenters. The number of rotatable bonds is 6. The number of hydrogen-bond donors (Lipinski definition) is 2. The minimum Gasteiger partial charge on any atom is -0.444 e. The standard InChI is InChI=1S/C13H26N2O2/c1-7-10(2)8-14-11(3)9-15-12(16)17-13(4,5)6/h11,14H,2,7-9H2,1,3-6H3,(H,15,16). The molecule has 0 aromatic rings. The summed E-state index contributed by atoms with van der Waals surface area (Å²) in [6.07, 6.45) is 0.597. The van der Waals surface area contributed by atoms with Gasteiger partial charge >= 0.3 is 6.09 Å². The van der Waals surface area contributed by atoms with Gasteiger partial charge in [0.1, 0.15) is 5.60 Å². The molecule has 0 aliphatic heterocycles. The van der Waals surface area contributed by atoms with E-state index in [4.69, 9.17) is 4.74 Å². The summed E-state index contributed by atoms with van der Waals surface area (Å²) in [7, 11) is 0. The SMILES string of the molecule is C=C(CC)CNC(C)CNC(=O)OC(C)(C)C. The first-order chi connectivity index (χ1) is 7.74. The largest absolute Gasteiger partial charge is 0.444 e. The molecule has 0 fully saturated rings. The van der Waals surface area contributed by atoms with Gasteiger partial charge in [0.2, 0.25) is 0 Å². The minimum absolute atomic E-state index is 0.200. The van der Waals surface area contributed by atoms with Gasteiger partial charge < -0.3 is 15.4 Å². The summed E-state index contributed by atoms with van der Waals surface area (Å²) in [6.45, 7) is 14.9. The number of alkyl carbamates (subject to hydrolysis) is 1. The van der Waals surface area contributed by atoms with E-state index in [1.807, 2.05) is 27.7 Å². The quantitative estimate of drug-likeness (QED) is 0.703. The molecule has 0 radical (unpaired) electrons. The Labute approximate surface area is 105 Å². The van der Waals surface area contributed by atoms with Gasteiger partial charge in [0, 0.05) is 19.1 Å². The summed E-state index contributed by atoms with van der Waals surface area (Å²) in [6, 6.07) is 0.200. The second kappa shape index (κ2) is 7.33. The molecule has 17 heavy (non-hydrogen) atoms. The summed E-state index contributed by atoms with van der Waals surface area (Å²) >= 11 is 0. The molecule has 100 valence electrons. The van der Waals surface area contributed by atoms with Gasteiger partial charge in [-0.1, -0.05) is 19.1 Å². The van der Waals surface area contributed by atoms with Crippen LogP contribution in [0.4, 0.5) is 4.79 Å². The molecule has 0 aromatic heterocycles. The number of nitrogens with one attached hydrogen (secondary N) is 2. The van der Waals surface area contributed by atoms with E-state index in [2.05, 4.69) is 24.1 Å². The van der Waals surface area contributed by atoms with Crippen molar-refractivity contribution >= 4 is 6.09 Å². The Hall–Kier alpha value is -1.03. The van der Waals surface area contributed by atoms with Gasteiger partial charge in [0.15, 0.2) is 0 Å². The summed E-state index contributed by atoms with van der Waals surface area (Å²) < 4.78 is 5.14. The molecule has 0 spiro atoms. The van der Waals surface area contributed by atoms with Gasteiger partial charge in [-0.2, -0.15) is 0 Å². The zero-order valence-corrected chi connectivity index (χ0v) is 11.7. The second-order valence-electron chi connectivity index (χ2n) is 5.27. The van der Waals surface area contributed by atoms with Crippen LogP contribution < -0.4 is 10.6 Å². The van der Waals surface area contributed by atoms with Crippen LogP contribution in [0.2, 0.25) is 0 Å². The van der Waals surface area contributed by atoms with Crippen LogP contribution in [0, 0.1) is 0 Å². The van der Waals surface area contributed by atoms with Gasteiger partial charge in [-0.15, -0.1) is 0 Å². The average Bonchev–Trinajstić information content (AvgIpc) is 2.20. The van der Waals surface area contributed by atoms with E-state index in [0.29, 0.717) is 6.54 Å². The topological polar surface area (TPSA) is 50.4 Å². The highest BCUT2D eigenvalue weighted by atomic mass is 16.6. The normalized spacial score (nSPS) is 13.0. The molecule has 2 N–H and O–H groups in total. The van der Waals surface area contributed by atoms with Gasteiger partial charge in [-0.25, -0.2) is 4.79 Å². The molecule has 1 unspecified atom stereocenters. The van der Waals surface area contributed by atoms with E-state index in [0.717, 1.165) is 18.5 Å². The summed E-state index contributed by atoms with van der Waals surface area (Å²) in [4.78, 5) is 11.4. The molecule has 4 heteroatoms. The zero-order valence-electron chi connectivity index (χ0n) is 11.7. The fourth-order valence-corrected chi connectivity index (χ4v) is 1.07. The fourth-order valence-electron chi connectivity index (χ4n) is 1.07. The second-order valence-corrected chi connectivity index (χ2v) is 5.27.